The topological polar surface area (TPSA) is 46.5 Å². The molecule has 1 N–H and O–H groups in total. The Labute approximate surface area is 79.1 Å². The number of methoxy groups -OCH3 is 1. The summed E-state index contributed by atoms with van der Waals surface area (Å²) >= 11 is 0. The van der Waals surface area contributed by atoms with Crippen molar-refractivity contribution in [3.8, 4) is 0 Å². The van der Waals surface area contributed by atoms with Gasteiger partial charge in [0.05, 0.1) is 11.5 Å². The molecule has 0 aliphatic heterocycles. The quantitative estimate of drug-likeness (QED) is 0.716. The van der Waals surface area contributed by atoms with Crippen molar-refractivity contribution in [2.75, 3.05) is 7.11 Å². The van der Waals surface area contributed by atoms with Crippen LogP contribution in [0.2, 0.25) is 0 Å². The van der Waals surface area contributed by atoms with E-state index in [4.69, 9.17) is 9.84 Å². The highest BCUT2D eigenvalue weighted by Crippen LogP contribution is 2.53. The minimum Gasteiger partial charge on any atom is -0.481 e. The van der Waals surface area contributed by atoms with Gasteiger partial charge in [-0.25, -0.2) is 0 Å². The molecule has 0 spiro atoms. The molecule has 0 aromatic rings. The second-order valence-electron chi connectivity index (χ2n) is 4.62. The van der Waals surface area contributed by atoms with Crippen molar-refractivity contribution < 1.29 is 14.6 Å². The van der Waals surface area contributed by atoms with Crippen LogP contribution in [-0.4, -0.2) is 24.3 Å². The van der Waals surface area contributed by atoms with Crippen molar-refractivity contribution in [1.82, 2.24) is 0 Å². The Kier molecular flexibility index (Phi) is 2.41. The van der Waals surface area contributed by atoms with E-state index in [0.717, 1.165) is 6.42 Å². The molecule has 1 fully saturated rings. The Balaban J connectivity index is 2.99. The Bertz CT molecular complexity index is 222. The van der Waals surface area contributed by atoms with Gasteiger partial charge in [0.2, 0.25) is 0 Å². The first-order chi connectivity index (χ1) is 5.86. The predicted octanol–water partition coefficient (Wildman–Crippen LogP) is 1.91. The fourth-order valence-corrected chi connectivity index (χ4v) is 2.25. The highest BCUT2D eigenvalue weighted by Gasteiger charge is 2.56. The molecule has 0 saturated heterocycles. The normalized spacial score (nSPS) is 37.7. The van der Waals surface area contributed by atoms with Crippen LogP contribution < -0.4 is 0 Å². The first-order valence-corrected chi connectivity index (χ1v) is 4.62. The smallest absolute Gasteiger partial charge is 0.309 e. The minimum absolute atomic E-state index is 0.0635. The predicted molar refractivity (Wildman–Crippen MR) is 49.6 cm³/mol. The molecular weight excluding hydrogens is 168 g/mol. The van der Waals surface area contributed by atoms with Gasteiger partial charge < -0.3 is 9.84 Å². The molecule has 1 rings (SSSR count). The molecule has 3 heteroatoms. The van der Waals surface area contributed by atoms with E-state index < -0.39 is 11.4 Å². The lowest BCUT2D eigenvalue weighted by molar-refractivity contribution is -0.156. The van der Waals surface area contributed by atoms with Gasteiger partial charge in [-0.05, 0) is 19.8 Å². The number of aliphatic carboxylic acids is 1. The molecule has 0 aromatic heterocycles. The summed E-state index contributed by atoms with van der Waals surface area (Å²) in [4.78, 5) is 11.1. The standard InChI is InChI=1S/C10H18O3/c1-9(2)7(13-4)5-6-10(9,3)8(11)12/h7H,5-6H2,1-4H3,(H,11,12)/t7-,10-/m0/s1. The summed E-state index contributed by atoms with van der Waals surface area (Å²) in [7, 11) is 1.65. The minimum atomic E-state index is -0.711. The van der Waals surface area contributed by atoms with E-state index in [9.17, 15) is 4.79 Å². The van der Waals surface area contributed by atoms with E-state index >= 15 is 0 Å². The molecule has 1 saturated carbocycles. The van der Waals surface area contributed by atoms with Crippen molar-refractivity contribution >= 4 is 5.97 Å². The molecule has 3 nitrogen and oxygen atoms in total. The third-order valence-corrected chi connectivity index (χ3v) is 3.89. The van der Waals surface area contributed by atoms with Crippen LogP contribution in [0.4, 0.5) is 0 Å². The van der Waals surface area contributed by atoms with Crippen LogP contribution in [0.1, 0.15) is 33.6 Å². The highest BCUT2D eigenvalue weighted by molar-refractivity contribution is 5.76. The number of hydrogen-bond acceptors (Lipinski definition) is 2. The number of ether oxygens (including phenoxy) is 1. The molecule has 76 valence electrons. The van der Waals surface area contributed by atoms with Gasteiger partial charge in [-0.3, -0.25) is 4.79 Å². The number of rotatable bonds is 2. The third kappa shape index (κ3) is 1.26. The van der Waals surface area contributed by atoms with Gasteiger partial charge in [0.25, 0.3) is 0 Å². The van der Waals surface area contributed by atoms with Crippen LogP contribution >= 0.6 is 0 Å². The highest BCUT2D eigenvalue weighted by atomic mass is 16.5. The maximum atomic E-state index is 11.1. The fraction of sp³-hybridized carbons (Fsp3) is 0.900. The summed E-state index contributed by atoms with van der Waals surface area (Å²) in [6.45, 7) is 5.76. The van der Waals surface area contributed by atoms with Crippen molar-refractivity contribution in [1.29, 1.82) is 0 Å². The van der Waals surface area contributed by atoms with Crippen molar-refractivity contribution in [3.05, 3.63) is 0 Å². The molecule has 0 bridgehead atoms. The van der Waals surface area contributed by atoms with Crippen LogP contribution in [-0.2, 0) is 9.53 Å². The van der Waals surface area contributed by atoms with Crippen LogP contribution in [0.5, 0.6) is 0 Å². The van der Waals surface area contributed by atoms with E-state index in [0.29, 0.717) is 6.42 Å². The lowest BCUT2D eigenvalue weighted by Gasteiger charge is -2.37. The average molecular weight is 186 g/mol. The van der Waals surface area contributed by atoms with Crippen molar-refractivity contribution in [3.63, 3.8) is 0 Å². The summed E-state index contributed by atoms with van der Waals surface area (Å²) < 4.78 is 5.31. The maximum absolute atomic E-state index is 11.1. The zero-order valence-corrected chi connectivity index (χ0v) is 8.76. The molecule has 2 atom stereocenters. The van der Waals surface area contributed by atoms with Crippen LogP contribution in [0, 0.1) is 10.8 Å². The molecule has 13 heavy (non-hydrogen) atoms. The van der Waals surface area contributed by atoms with Gasteiger partial charge in [-0.2, -0.15) is 0 Å². The van der Waals surface area contributed by atoms with Gasteiger partial charge in [-0.15, -0.1) is 0 Å². The zero-order chi connectivity index (χ0) is 10.3. The second kappa shape index (κ2) is 2.98. The number of carboxylic acids is 1. The van der Waals surface area contributed by atoms with Gasteiger partial charge in [0.1, 0.15) is 0 Å². The third-order valence-electron chi connectivity index (χ3n) is 3.89. The molecule has 0 unspecified atom stereocenters. The summed E-state index contributed by atoms with van der Waals surface area (Å²) in [6.07, 6.45) is 1.61. The number of carbonyl (C=O) groups is 1. The van der Waals surface area contributed by atoms with Gasteiger partial charge >= 0.3 is 5.97 Å². The SMILES string of the molecule is CO[C@H]1CC[C@@](C)(C(=O)O)C1(C)C. The van der Waals surface area contributed by atoms with Gasteiger partial charge in [-0.1, -0.05) is 13.8 Å². The lowest BCUT2D eigenvalue weighted by atomic mass is 9.68. The number of carboxylic acid groups (broad SMARTS) is 1. The molecule has 0 radical (unpaired) electrons. The van der Waals surface area contributed by atoms with Gasteiger partial charge in [0, 0.05) is 12.5 Å². The Hall–Kier alpha value is -0.570. The van der Waals surface area contributed by atoms with E-state index in [2.05, 4.69) is 0 Å². The molecular formula is C10H18O3. The largest absolute Gasteiger partial charge is 0.481 e. The monoisotopic (exact) mass is 186 g/mol. The van der Waals surface area contributed by atoms with E-state index in [1.807, 2.05) is 20.8 Å². The van der Waals surface area contributed by atoms with Gasteiger partial charge in [0.15, 0.2) is 0 Å². The van der Waals surface area contributed by atoms with Crippen molar-refractivity contribution in [2.45, 2.75) is 39.7 Å². The maximum Gasteiger partial charge on any atom is 0.309 e. The van der Waals surface area contributed by atoms with Crippen LogP contribution in [0.3, 0.4) is 0 Å². The van der Waals surface area contributed by atoms with Crippen molar-refractivity contribution in [2.24, 2.45) is 10.8 Å². The second-order valence-corrected chi connectivity index (χ2v) is 4.62. The van der Waals surface area contributed by atoms with Crippen LogP contribution in [0.15, 0.2) is 0 Å². The molecule has 0 amide bonds. The Morgan fingerprint density at radius 1 is 1.46 bits per heavy atom. The Morgan fingerprint density at radius 3 is 2.23 bits per heavy atom. The summed E-state index contributed by atoms with van der Waals surface area (Å²) in [6, 6.07) is 0. The molecule has 0 heterocycles. The van der Waals surface area contributed by atoms with E-state index in [-0.39, 0.29) is 11.5 Å². The first-order valence-electron chi connectivity index (χ1n) is 4.62. The van der Waals surface area contributed by atoms with E-state index in [1.165, 1.54) is 0 Å². The zero-order valence-electron chi connectivity index (χ0n) is 8.76. The van der Waals surface area contributed by atoms with E-state index in [1.54, 1.807) is 7.11 Å². The summed E-state index contributed by atoms with van der Waals surface area (Å²) in [5.74, 6) is -0.711. The number of hydrogen-bond donors (Lipinski definition) is 1. The first kappa shape index (κ1) is 10.5. The van der Waals surface area contributed by atoms with Crippen LogP contribution in [0.25, 0.3) is 0 Å². The summed E-state index contributed by atoms with van der Waals surface area (Å²) in [5.41, 5.74) is -0.929. The summed E-state index contributed by atoms with van der Waals surface area (Å²) in [5, 5.41) is 9.17. The fourth-order valence-electron chi connectivity index (χ4n) is 2.25. The Morgan fingerprint density at radius 2 is 2.00 bits per heavy atom. The average Bonchev–Trinajstić information content (AvgIpc) is 2.25. The molecule has 1 aliphatic carbocycles. The molecule has 0 aromatic carbocycles. The molecule has 1 aliphatic rings. The lowest BCUT2D eigenvalue weighted by Crippen LogP contribution is -2.43.